The second kappa shape index (κ2) is 6.04. The first-order valence-electron chi connectivity index (χ1n) is 7.73. The molecule has 0 fully saturated rings. The van der Waals surface area contributed by atoms with Gasteiger partial charge in [-0.3, -0.25) is 9.55 Å². The minimum atomic E-state index is -0.112. The average molecular weight is 316 g/mol. The van der Waals surface area contributed by atoms with Gasteiger partial charge in [-0.15, -0.1) is 0 Å². The van der Waals surface area contributed by atoms with Crippen LogP contribution in [0.2, 0.25) is 0 Å². The van der Waals surface area contributed by atoms with Gasteiger partial charge in [0.1, 0.15) is 0 Å². The van der Waals surface area contributed by atoms with Gasteiger partial charge in [0, 0.05) is 23.8 Å². The number of nitrogens with zero attached hydrogens (tertiary/aromatic N) is 2. The molecule has 0 amide bonds. The van der Waals surface area contributed by atoms with Gasteiger partial charge in [0.15, 0.2) is 0 Å². The van der Waals surface area contributed by atoms with Crippen LogP contribution in [-0.2, 0) is 6.54 Å². The number of anilines is 2. The Morgan fingerprint density at radius 1 is 0.958 bits per heavy atom. The highest BCUT2D eigenvalue weighted by Crippen LogP contribution is 2.21. The van der Waals surface area contributed by atoms with Crippen molar-refractivity contribution in [3.8, 4) is 0 Å². The second-order valence-corrected chi connectivity index (χ2v) is 5.59. The first-order chi connectivity index (χ1) is 11.8. The molecule has 0 aliphatic carbocycles. The fraction of sp³-hybridized carbons (Fsp3) is 0.0526. The van der Waals surface area contributed by atoms with Crippen molar-refractivity contribution in [2.24, 2.45) is 0 Å². The Labute approximate surface area is 138 Å². The van der Waals surface area contributed by atoms with E-state index >= 15 is 0 Å². The molecule has 0 radical (unpaired) electrons. The topological polar surface area (TPSA) is 62.7 Å². The predicted octanol–water partition coefficient (Wildman–Crippen LogP) is 3.52. The fourth-order valence-electron chi connectivity index (χ4n) is 2.76. The maximum Gasteiger partial charge on any atom is 0.326 e. The van der Waals surface area contributed by atoms with E-state index in [1.165, 1.54) is 0 Å². The van der Waals surface area contributed by atoms with Crippen LogP contribution in [0.25, 0.3) is 11.0 Å². The number of aromatic nitrogens is 3. The summed E-state index contributed by atoms with van der Waals surface area (Å²) in [5.74, 6) is 0. The number of aromatic amines is 1. The number of H-pyrrole nitrogens is 1. The molecule has 5 nitrogen and oxygen atoms in total. The molecule has 4 aromatic rings. The van der Waals surface area contributed by atoms with Gasteiger partial charge in [-0.1, -0.05) is 18.2 Å². The summed E-state index contributed by atoms with van der Waals surface area (Å²) in [7, 11) is 0. The van der Waals surface area contributed by atoms with Crippen molar-refractivity contribution in [3.05, 3.63) is 89.1 Å². The summed E-state index contributed by atoms with van der Waals surface area (Å²) in [6, 6.07) is 19.7. The lowest BCUT2D eigenvalue weighted by molar-refractivity contribution is 0.785. The molecule has 0 saturated carbocycles. The van der Waals surface area contributed by atoms with Gasteiger partial charge >= 0.3 is 5.69 Å². The van der Waals surface area contributed by atoms with Crippen molar-refractivity contribution in [2.75, 3.05) is 5.32 Å². The zero-order valence-electron chi connectivity index (χ0n) is 12.9. The molecule has 0 unspecified atom stereocenters. The van der Waals surface area contributed by atoms with Crippen LogP contribution in [0.4, 0.5) is 11.4 Å². The van der Waals surface area contributed by atoms with Crippen molar-refractivity contribution >= 4 is 22.4 Å². The van der Waals surface area contributed by atoms with Crippen LogP contribution in [0, 0.1) is 0 Å². The number of imidazole rings is 1. The van der Waals surface area contributed by atoms with Crippen molar-refractivity contribution < 1.29 is 0 Å². The van der Waals surface area contributed by atoms with Crippen LogP contribution >= 0.6 is 0 Å². The van der Waals surface area contributed by atoms with Gasteiger partial charge in [-0.05, 0) is 48.0 Å². The molecule has 2 N–H and O–H groups in total. The molecule has 0 saturated heterocycles. The van der Waals surface area contributed by atoms with Gasteiger partial charge in [-0.25, -0.2) is 4.79 Å². The van der Waals surface area contributed by atoms with Crippen LogP contribution in [0.3, 0.4) is 0 Å². The zero-order valence-corrected chi connectivity index (χ0v) is 12.9. The van der Waals surface area contributed by atoms with E-state index in [0.717, 1.165) is 28.0 Å². The first kappa shape index (κ1) is 14.3. The van der Waals surface area contributed by atoms with Gasteiger partial charge in [0.25, 0.3) is 0 Å². The van der Waals surface area contributed by atoms with Gasteiger partial charge < -0.3 is 10.3 Å². The standard InChI is InChI=1S/C19H16N4O/c24-19-22-17-12-16(21-15-4-2-1-3-5-15)6-7-18(17)23(19)13-14-8-10-20-11-9-14/h1-12,21H,13H2,(H,22,24). The molecule has 5 heteroatoms. The Bertz CT molecular complexity index is 1020. The Morgan fingerprint density at radius 2 is 1.75 bits per heavy atom. The molecular weight excluding hydrogens is 300 g/mol. The highest BCUT2D eigenvalue weighted by Gasteiger charge is 2.08. The second-order valence-electron chi connectivity index (χ2n) is 5.59. The summed E-state index contributed by atoms with van der Waals surface area (Å²) in [4.78, 5) is 19.2. The van der Waals surface area contributed by atoms with Crippen molar-refractivity contribution in [3.63, 3.8) is 0 Å². The van der Waals surface area contributed by atoms with Crippen LogP contribution in [-0.4, -0.2) is 14.5 Å². The smallest absolute Gasteiger partial charge is 0.326 e. The number of hydrogen-bond acceptors (Lipinski definition) is 3. The molecule has 4 rings (SSSR count). The molecule has 2 aromatic heterocycles. The quantitative estimate of drug-likeness (QED) is 0.605. The number of para-hydroxylation sites is 1. The Morgan fingerprint density at radius 3 is 2.54 bits per heavy atom. The molecule has 24 heavy (non-hydrogen) atoms. The number of benzene rings is 2. The van der Waals surface area contributed by atoms with Gasteiger partial charge in [0.2, 0.25) is 0 Å². The van der Waals surface area contributed by atoms with E-state index in [0.29, 0.717) is 6.54 Å². The van der Waals surface area contributed by atoms with Gasteiger partial charge in [0.05, 0.1) is 17.6 Å². The van der Waals surface area contributed by atoms with E-state index in [9.17, 15) is 4.79 Å². The molecule has 0 spiro atoms. The van der Waals surface area contributed by atoms with Crippen molar-refractivity contribution in [2.45, 2.75) is 6.54 Å². The van der Waals surface area contributed by atoms with E-state index in [2.05, 4.69) is 15.3 Å². The third-order valence-electron chi connectivity index (χ3n) is 3.93. The summed E-state index contributed by atoms with van der Waals surface area (Å²) in [5, 5.41) is 3.33. The molecule has 2 aromatic carbocycles. The normalized spacial score (nSPS) is 10.8. The highest BCUT2D eigenvalue weighted by atomic mass is 16.1. The molecule has 0 aliphatic rings. The van der Waals surface area contributed by atoms with E-state index in [-0.39, 0.29) is 5.69 Å². The van der Waals surface area contributed by atoms with E-state index in [1.807, 2.05) is 60.7 Å². The highest BCUT2D eigenvalue weighted by molar-refractivity contribution is 5.81. The fourth-order valence-corrected chi connectivity index (χ4v) is 2.76. The Hall–Kier alpha value is -3.34. The maximum absolute atomic E-state index is 12.3. The van der Waals surface area contributed by atoms with Crippen LogP contribution in [0.15, 0.2) is 77.9 Å². The summed E-state index contributed by atoms with van der Waals surface area (Å²) in [6.45, 7) is 0.521. The van der Waals surface area contributed by atoms with Crippen molar-refractivity contribution in [1.29, 1.82) is 0 Å². The SMILES string of the molecule is O=c1[nH]c2cc(Nc3ccccc3)ccc2n1Cc1ccncc1. The monoisotopic (exact) mass is 316 g/mol. The maximum atomic E-state index is 12.3. The van der Waals surface area contributed by atoms with Crippen LogP contribution in [0.5, 0.6) is 0 Å². The first-order valence-corrected chi connectivity index (χ1v) is 7.73. The summed E-state index contributed by atoms with van der Waals surface area (Å²) < 4.78 is 1.73. The van der Waals surface area contributed by atoms with E-state index < -0.39 is 0 Å². The van der Waals surface area contributed by atoms with E-state index in [4.69, 9.17) is 0 Å². The molecule has 0 aliphatic heterocycles. The van der Waals surface area contributed by atoms with Crippen LogP contribution < -0.4 is 11.0 Å². The lowest BCUT2D eigenvalue weighted by Crippen LogP contribution is -2.17. The predicted molar refractivity (Wildman–Crippen MR) is 95.6 cm³/mol. The Balaban J connectivity index is 1.68. The Kier molecular flexibility index (Phi) is 3.59. The summed E-state index contributed by atoms with van der Waals surface area (Å²) in [6.07, 6.45) is 3.47. The van der Waals surface area contributed by atoms with E-state index in [1.54, 1.807) is 17.0 Å². The number of rotatable bonds is 4. The molecule has 118 valence electrons. The largest absolute Gasteiger partial charge is 0.355 e. The third kappa shape index (κ3) is 2.79. The number of pyridine rings is 1. The zero-order chi connectivity index (χ0) is 16.4. The molecule has 0 bridgehead atoms. The average Bonchev–Trinajstić information content (AvgIpc) is 2.92. The number of nitrogens with one attached hydrogen (secondary N) is 2. The lowest BCUT2D eigenvalue weighted by Gasteiger charge is -2.07. The van der Waals surface area contributed by atoms with Gasteiger partial charge in [-0.2, -0.15) is 0 Å². The van der Waals surface area contributed by atoms with Crippen LogP contribution in [0.1, 0.15) is 5.56 Å². The minimum Gasteiger partial charge on any atom is -0.355 e. The van der Waals surface area contributed by atoms with Crippen molar-refractivity contribution in [1.82, 2.24) is 14.5 Å². The minimum absolute atomic E-state index is 0.112. The molecular formula is C19H16N4O. The number of fused-ring (bicyclic) bond motifs is 1. The lowest BCUT2D eigenvalue weighted by atomic mass is 10.2. The molecule has 2 heterocycles. The third-order valence-corrected chi connectivity index (χ3v) is 3.93. The number of hydrogen-bond donors (Lipinski definition) is 2. The molecule has 0 atom stereocenters. The summed E-state index contributed by atoms with van der Waals surface area (Å²) in [5.41, 5.74) is 4.57. The summed E-state index contributed by atoms with van der Waals surface area (Å²) >= 11 is 0.